The highest BCUT2D eigenvalue weighted by molar-refractivity contribution is 9.10. The third-order valence-electron chi connectivity index (χ3n) is 1.75. The monoisotopic (exact) mass is 290 g/mol. The fourth-order valence-corrected chi connectivity index (χ4v) is 1.33. The van der Waals surface area contributed by atoms with Gasteiger partial charge in [-0.3, -0.25) is 0 Å². The molecule has 0 aliphatic heterocycles. The van der Waals surface area contributed by atoms with Crippen molar-refractivity contribution in [3.8, 4) is 5.75 Å². The van der Waals surface area contributed by atoms with Crippen molar-refractivity contribution in [2.75, 3.05) is 40.1 Å². The van der Waals surface area contributed by atoms with Gasteiger partial charge in [-0.1, -0.05) is 0 Å². The Hall–Kier alpha value is -0.780. The zero-order valence-electron chi connectivity index (χ0n) is 9.90. The molecule has 1 aromatic carbocycles. The van der Waals surface area contributed by atoms with Crippen LogP contribution in [-0.2, 0) is 0 Å². The number of benzene rings is 1. The second-order valence-corrected chi connectivity index (χ2v) is 4.20. The number of nitrogen functional groups attached to an aromatic ring is 1. The van der Waals surface area contributed by atoms with E-state index in [-0.39, 0.29) is 0 Å². The van der Waals surface area contributed by atoms with Gasteiger partial charge in [0, 0.05) is 25.4 Å². The molecule has 0 amide bonds. The van der Waals surface area contributed by atoms with Crippen molar-refractivity contribution < 1.29 is 9.84 Å². The van der Waals surface area contributed by atoms with Crippen molar-refractivity contribution in [2.45, 2.75) is 0 Å². The molecule has 0 saturated heterocycles. The highest BCUT2D eigenvalue weighted by atomic mass is 79.9. The van der Waals surface area contributed by atoms with E-state index in [1.54, 1.807) is 0 Å². The number of rotatable bonds is 4. The molecule has 0 fully saturated rings. The molecular weight excluding hydrogens is 272 g/mol. The summed E-state index contributed by atoms with van der Waals surface area (Å²) in [6.07, 6.45) is 0. The molecule has 0 aliphatic rings. The lowest BCUT2D eigenvalue weighted by atomic mass is 10.3. The Balaban J connectivity index is 0.00000106. The van der Waals surface area contributed by atoms with Gasteiger partial charge in [-0.05, 0) is 42.2 Å². The molecule has 4 nitrogen and oxygen atoms in total. The molecular formula is C11H19BrN2O2. The summed E-state index contributed by atoms with van der Waals surface area (Å²) in [6, 6.07) is 5.54. The zero-order chi connectivity index (χ0) is 12.6. The summed E-state index contributed by atoms with van der Waals surface area (Å²) in [7, 11) is 5.02. The van der Waals surface area contributed by atoms with Gasteiger partial charge in [-0.25, -0.2) is 0 Å². The zero-order valence-corrected chi connectivity index (χ0v) is 11.5. The molecule has 92 valence electrons. The van der Waals surface area contributed by atoms with Crippen LogP contribution in [0.2, 0.25) is 0 Å². The first kappa shape index (κ1) is 15.2. The maximum absolute atomic E-state index is 7.00. The minimum Gasteiger partial charge on any atom is -0.491 e. The summed E-state index contributed by atoms with van der Waals surface area (Å²) >= 11 is 3.40. The molecule has 0 aliphatic carbocycles. The first-order valence-electron chi connectivity index (χ1n) is 4.87. The third-order valence-corrected chi connectivity index (χ3v) is 2.41. The molecule has 1 rings (SSSR count). The average molecular weight is 291 g/mol. The van der Waals surface area contributed by atoms with Crippen molar-refractivity contribution >= 4 is 21.6 Å². The highest BCUT2D eigenvalue weighted by Gasteiger charge is 2.01. The molecule has 16 heavy (non-hydrogen) atoms. The largest absolute Gasteiger partial charge is 0.491 e. The molecule has 3 N–H and O–H groups in total. The molecule has 0 saturated carbocycles. The predicted molar refractivity (Wildman–Crippen MR) is 70.7 cm³/mol. The van der Waals surface area contributed by atoms with Crippen LogP contribution in [0.15, 0.2) is 22.7 Å². The molecule has 0 bridgehead atoms. The Morgan fingerprint density at radius 1 is 1.38 bits per heavy atom. The fourth-order valence-electron chi connectivity index (χ4n) is 0.969. The van der Waals surface area contributed by atoms with E-state index >= 15 is 0 Å². The van der Waals surface area contributed by atoms with Crippen LogP contribution < -0.4 is 10.5 Å². The lowest BCUT2D eigenvalue weighted by Crippen LogP contribution is -2.19. The SMILES string of the molecule is CN(C)CCOc1cc(N)ccc1Br.CO. The summed E-state index contributed by atoms with van der Waals surface area (Å²) in [5.41, 5.74) is 6.36. The van der Waals surface area contributed by atoms with Crippen LogP contribution in [0, 0.1) is 0 Å². The maximum Gasteiger partial charge on any atom is 0.135 e. The number of hydrogen-bond donors (Lipinski definition) is 2. The van der Waals surface area contributed by atoms with Crippen molar-refractivity contribution in [1.82, 2.24) is 4.90 Å². The van der Waals surface area contributed by atoms with E-state index in [4.69, 9.17) is 15.6 Å². The van der Waals surface area contributed by atoms with E-state index in [1.807, 2.05) is 32.3 Å². The summed E-state index contributed by atoms with van der Waals surface area (Å²) in [4.78, 5) is 2.07. The molecule has 0 aromatic heterocycles. The summed E-state index contributed by atoms with van der Waals surface area (Å²) < 4.78 is 6.50. The second kappa shape index (κ2) is 8.38. The minimum absolute atomic E-state index is 0.662. The highest BCUT2D eigenvalue weighted by Crippen LogP contribution is 2.26. The van der Waals surface area contributed by atoms with Crippen molar-refractivity contribution in [2.24, 2.45) is 0 Å². The minimum atomic E-state index is 0.662. The standard InChI is InChI=1S/C10H15BrN2O.CH4O/c1-13(2)5-6-14-10-7-8(12)3-4-9(10)11;1-2/h3-4,7H,5-6,12H2,1-2H3;2H,1H3. The van der Waals surface area contributed by atoms with Gasteiger partial charge in [0.05, 0.1) is 4.47 Å². The van der Waals surface area contributed by atoms with Gasteiger partial charge in [0.1, 0.15) is 12.4 Å². The number of anilines is 1. The Kier molecular flexibility index (Phi) is 7.97. The maximum atomic E-state index is 7.00. The molecule has 0 radical (unpaired) electrons. The lowest BCUT2D eigenvalue weighted by molar-refractivity contribution is 0.260. The van der Waals surface area contributed by atoms with Gasteiger partial charge >= 0.3 is 0 Å². The van der Waals surface area contributed by atoms with Gasteiger partial charge < -0.3 is 20.5 Å². The molecule has 0 atom stereocenters. The van der Waals surface area contributed by atoms with Gasteiger partial charge in [0.15, 0.2) is 0 Å². The quantitative estimate of drug-likeness (QED) is 0.827. The summed E-state index contributed by atoms with van der Waals surface area (Å²) in [5.74, 6) is 0.798. The van der Waals surface area contributed by atoms with E-state index < -0.39 is 0 Å². The third kappa shape index (κ3) is 5.95. The van der Waals surface area contributed by atoms with Gasteiger partial charge in [0.2, 0.25) is 0 Å². The number of likely N-dealkylation sites (N-methyl/N-ethyl adjacent to an activating group) is 1. The first-order chi connectivity index (χ1) is 7.59. The Morgan fingerprint density at radius 2 is 2.00 bits per heavy atom. The number of aliphatic hydroxyl groups excluding tert-OH is 1. The normalized spacial score (nSPS) is 9.62. The van der Waals surface area contributed by atoms with Crippen molar-refractivity contribution in [3.05, 3.63) is 22.7 Å². The van der Waals surface area contributed by atoms with Crippen LogP contribution in [0.3, 0.4) is 0 Å². The lowest BCUT2D eigenvalue weighted by Gasteiger charge is -2.12. The number of hydrogen-bond acceptors (Lipinski definition) is 4. The van der Waals surface area contributed by atoms with Gasteiger partial charge in [0.25, 0.3) is 0 Å². The topological polar surface area (TPSA) is 58.7 Å². The molecule has 0 unspecified atom stereocenters. The average Bonchev–Trinajstić information content (AvgIpc) is 2.25. The number of nitrogens with two attached hydrogens (primary N) is 1. The second-order valence-electron chi connectivity index (χ2n) is 3.34. The summed E-state index contributed by atoms with van der Waals surface area (Å²) in [6.45, 7) is 1.55. The van der Waals surface area contributed by atoms with Crippen molar-refractivity contribution in [1.29, 1.82) is 0 Å². The number of aliphatic hydroxyl groups is 1. The van der Waals surface area contributed by atoms with Gasteiger partial charge in [-0.2, -0.15) is 0 Å². The smallest absolute Gasteiger partial charge is 0.135 e. The first-order valence-corrected chi connectivity index (χ1v) is 5.66. The van der Waals surface area contributed by atoms with E-state index in [0.717, 1.165) is 23.9 Å². The van der Waals surface area contributed by atoms with Crippen LogP contribution >= 0.6 is 15.9 Å². The van der Waals surface area contributed by atoms with Crippen molar-refractivity contribution in [3.63, 3.8) is 0 Å². The van der Waals surface area contributed by atoms with Crippen LogP contribution in [0.1, 0.15) is 0 Å². The van der Waals surface area contributed by atoms with Crippen LogP contribution in [0.5, 0.6) is 5.75 Å². The van der Waals surface area contributed by atoms with E-state index in [0.29, 0.717) is 12.3 Å². The molecule has 1 aromatic rings. The summed E-state index contributed by atoms with van der Waals surface area (Å²) in [5, 5.41) is 7.00. The Labute approximate surface area is 105 Å². The number of halogens is 1. The van der Waals surface area contributed by atoms with Crippen LogP contribution in [0.4, 0.5) is 5.69 Å². The number of ether oxygens (including phenoxy) is 1. The Morgan fingerprint density at radius 3 is 2.56 bits per heavy atom. The van der Waals surface area contributed by atoms with E-state index in [9.17, 15) is 0 Å². The van der Waals surface area contributed by atoms with Crippen LogP contribution in [0.25, 0.3) is 0 Å². The molecule has 0 spiro atoms. The molecule has 0 heterocycles. The Bertz CT molecular complexity index is 306. The fraction of sp³-hybridized carbons (Fsp3) is 0.455. The van der Waals surface area contributed by atoms with E-state index in [2.05, 4.69) is 20.8 Å². The predicted octanol–water partition coefficient (Wildman–Crippen LogP) is 1.58. The van der Waals surface area contributed by atoms with Crippen LogP contribution in [-0.4, -0.2) is 44.4 Å². The van der Waals surface area contributed by atoms with E-state index in [1.165, 1.54) is 0 Å². The van der Waals surface area contributed by atoms with Gasteiger partial charge in [-0.15, -0.1) is 0 Å². The number of nitrogens with zero attached hydrogens (tertiary/aromatic N) is 1. The molecule has 5 heteroatoms.